The lowest BCUT2D eigenvalue weighted by atomic mass is 9.54. The zero-order chi connectivity index (χ0) is 10.5. The summed E-state index contributed by atoms with van der Waals surface area (Å²) in [6.45, 7) is -0.970. The Balaban J connectivity index is 1.78. The van der Waals surface area contributed by atoms with Gasteiger partial charge in [0.1, 0.15) is 5.60 Å². The molecule has 4 aliphatic carbocycles. The largest absolute Gasteiger partial charge is 0.457 e. The van der Waals surface area contributed by atoms with Gasteiger partial charge in [0.15, 0.2) is 6.67 Å². The lowest BCUT2D eigenvalue weighted by Crippen LogP contribution is -2.52. The average Bonchev–Trinajstić information content (AvgIpc) is 2.14. The first-order valence-corrected chi connectivity index (χ1v) is 5.97. The molecule has 0 aromatic rings. The van der Waals surface area contributed by atoms with Crippen LogP contribution in [0.2, 0.25) is 0 Å². The molecule has 4 fully saturated rings. The van der Waals surface area contributed by atoms with E-state index in [0.717, 1.165) is 37.0 Å². The second-order valence-electron chi connectivity index (χ2n) is 5.71. The van der Waals surface area contributed by atoms with E-state index in [4.69, 9.17) is 4.74 Å². The first-order valence-electron chi connectivity index (χ1n) is 5.97. The standard InChI is InChI=1S/C12H17FO2/c13-7-11(14)15-12-4-8-1-9(5-12)3-10(2-8)6-12/h8-10H,1-7H2. The van der Waals surface area contributed by atoms with Gasteiger partial charge in [-0.2, -0.15) is 0 Å². The number of carbonyl (C=O) groups excluding carboxylic acids is 1. The van der Waals surface area contributed by atoms with Crippen LogP contribution in [0.1, 0.15) is 38.5 Å². The van der Waals surface area contributed by atoms with E-state index in [0.29, 0.717) is 0 Å². The van der Waals surface area contributed by atoms with Crippen LogP contribution in [-0.4, -0.2) is 18.2 Å². The Labute approximate surface area is 89.2 Å². The van der Waals surface area contributed by atoms with Crippen molar-refractivity contribution in [3.63, 3.8) is 0 Å². The van der Waals surface area contributed by atoms with Crippen LogP contribution >= 0.6 is 0 Å². The fourth-order valence-corrected chi connectivity index (χ4v) is 4.42. The molecule has 0 amide bonds. The molecule has 3 heteroatoms. The van der Waals surface area contributed by atoms with E-state index < -0.39 is 12.6 Å². The van der Waals surface area contributed by atoms with Crippen molar-refractivity contribution in [1.29, 1.82) is 0 Å². The number of halogens is 1. The lowest BCUT2D eigenvalue weighted by Gasteiger charge is -2.55. The van der Waals surface area contributed by atoms with Gasteiger partial charge in [-0.05, 0) is 56.3 Å². The molecule has 0 spiro atoms. The second kappa shape index (κ2) is 3.19. The topological polar surface area (TPSA) is 26.3 Å². The van der Waals surface area contributed by atoms with E-state index >= 15 is 0 Å². The summed E-state index contributed by atoms with van der Waals surface area (Å²) in [6.07, 6.45) is 6.91. The third kappa shape index (κ3) is 1.56. The number of hydrogen-bond donors (Lipinski definition) is 0. The van der Waals surface area contributed by atoms with E-state index in [1.807, 2.05) is 0 Å². The van der Waals surface area contributed by atoms with Gasteiger partial charge in [0.2, 0.25) is 0 Å². The third-order valence-corrected chi connectivity index (χ3v) is 4.42. The molecular formula is C12H17FO2. The van der Waals surface area contributed by atoms with Crippen molar-refractivity contribution in [3.05, 3.63) is 0 Å². The minimum Gasteiger partial charge on any atom is -0.457 e. The highest BCUT2D eigenvalue weighted by atomic mass is 19.1. The Morgan fingerprint density at radius 1 is 1.13 bits per heavy atom. The molecule has 4 aliphatic rings. The van der Waals surface area contributed by atoms with Crippen LogP contribution in [0.4, 0.5) is 4.39 Å². The van der Waals surface area contributed by atoms with Crippen LogP contribution < -0.4 is 0 Å². The molecule has 0 N–H and O–H groups in total. The Morgan fingerprint density at radius 3 is 2.00 bits per heavy atom. The second-order valence-corrected chi connectivity index (χ2v) is 5.71. The first-order chi connectivity index (χ1) is 7.19. The van der Waals surface area contributed by atoms with Crippen molar-refractivity contribution < 1.29 is 13.9 Å². The Hall–Kier alpha value is -0.600. The summed E-state index contributed by atoms with van der Waals surface area (Å²) in [5.41, 5.74) is -0.266. The van der Waals surface area contributed by atoms with Gasteiger partial charge in [-0.1, -0.05) is 0 Å². The van der Waals surface area contributed by atoms with E-state index in [-0.39, 0.29) is 5.60 Å². The summed E-state index contributed by atoms with van der Waals surface area (Å²) in [5.74, 6) is 1.56. The number of alkyl halides is 1. The maximum absolute atomic E-state index is 12.2. The highest BCUT2D eigenvalue weighted by molar-refractivity contribution is 5.71. The van der Waals surface area contributed by atoms with E-state index in [9.17, 15) is 9.18 Å². The van der Waals surface area contributed by atoms with Crippen LogP contribution in [0.5, 0.6) is 0 Å². The van der Waals surface area contributed by atoms with Crippen LogP contribution in [0.25, 0.3) is 0 Å². The normalized spacial score (nSPS) is 46.9. The maximum atomic E-state index is 12.2. The summed E-state index contributed by atoms with van der Waals surface area (Å²) < 4.78 is 17.6. The van der Waals surface area contributed by atoms with E-state index in [2.05, 4.69) is 0 Å². The predicted molar refractivity (Wildman–Crippen MR) is 53.0 cm³/mol. The zero-order valence-corrected chi connectivity index (χ0v) is 8.88. The van der Waals surface area contributed by atoms with Gasteiger partial charge >= 0.3 is 5.97 Å². The molecule has 0 aromatic heterocycles. The van der Waals surface area contributed by atoms with Gasteiger partial charge < -0.3 is 4.74 Å². The molecule has 4 saturated carbocycles. The summed E-state index contributed by atoms with van der Waals surface area (Å²) >= 11 is 0. The molecule has 4 rings (SSSR count). The van der Waals surface area contributed by atoms with Crippen molar-refractivity contribution in [3.8, 4) is 0 Å². The van der Waals surface area contributed by atoms with Crippen molar-refractivity contribution in [1.82, 2.24) is 0 Å². The van der Waals surface area contributed by atoms with Crippen molar-refractivity contribution in [2.24, 2.45) is 17.8 Å². The van der Waals surface area contributed by atoms with Crippen molar-refractivity contribution >= 4 is 5.97 Å². The highest BCUT2D eigenvalue weighted by Gasteiger charge is 2.53. The molecule has 0 saturated heterocycles. The van der Waals surface area contributed by atoms with Gasteiger partial charge in [-0.3, -0.25) is 0 Å². The Morgan fingerprint density at radius 2 is 1.60 bits per heavy atom. The number of hydrogen-bond acceptors (Lipinski definition) is 2. The van der Waals surface area contributed by atoms with E-state index in [1.165, 1.54) is 19.3 Å². The fourth-order valence-electron chi connectivity index (χ4n) is 4.42. The average molecular weight is 212 g/mol. The lowest BCUT2D eigenvalue weighted by molar-refractivity contribution is -0.187. The SMILES string of the molecule is O=C(CF)OC12CC3CC(CC(C3)C1)C2. The van der Waals surface area contributed by atoms with Crippen molar-refractivity contribution in [2.75, 3.05) is 6.67 Å². The summed E-state index contributed by atoms with van der Waals surface area (Å²) in [6, 6.07) is 0. The third-order valence-electron chi connectivity index (χ3n) is 4.42. The molecule has 0 unspecified atom stereocenters. The van der Waals surface area contributed by atoms with Crippen LogP contribution in [0.15, 0.2) is 0 Å². The highest BCUT2D eigenvalue weighted by Crippen LogP contribution is 2.57. The zero-order valence-electron chi connectivity index (χ0n) is 8.88. The van der Waals surface area contributed by atoms with Crippen LogP contribution in [-0.2, 0) is 9.53 Å². The number of esters is 1. The maximum Gasteiger partial charge on any atom is 0.338 e. The molecule has 0 aliphatic heterocycles. The first kappa shape index (κ1) is 9.61. The molecular weight excluding hydrogens is 195 g/mol. The summed E-state index contributed by atoms with van der Waals surface area (Å²) in [7, 11) is 0. The van der Waals surface area contributed by atoms with E-state index in [1.54, 1.807) is 0 Å². The Bertz CT molecular complexity index is 252. The van der Waals surface area contributed by atoms with Gasteiger partial charge in [0.05, 0.1) is 0 Å². The molecule has 4 bridgehead atoms. The van der Waals surface area contributed by atoms with Gasteiger partial charge in [0.25, 0.3) is 0 Å². The smallest absolute Gasteiger partial charge is 0.338 e. The number of carbonyl (C=O) groups is 1. The quantitative estimate of drug-likeness (QED) is 0.657. The van der Waals surface area contributed by atoms with Gasteiger partial charge in [0, 0.05) is 0 Å². The molecule has 2 nitrogen and oxygen atoms in total. The molecule has 0 heterocycles. The predicted octanol–water partition coefficient (Wildman–Crippen LogP) is 2.47. The van der Waals surface area contributed by atoms with Crippen LogP contribution in [0, 0.1) is 17.8 Å². The van der Waals surface area contributed by atoms with Crippen molar-refractivity contribution in [2.45, 2.75) is 44.1 Å². The molecule has 0 aromatic carbocycles. The molecule has 84 valence electrons. The Kier molecular flexibility index (Phi) is 2.05. The van der Waals surface area contributed by atoms with Gasteiger partial charge in [-0.25, -0.2) is 9.18 Å². The minimum atomic E-state index is -0.970. The summed E-state index contributed by atoms with van der Waals surface area (Å²) in [5, 5.41) is 0. The summed E-state index contributed by atoms with van der Waals surface area (Å²) in [4.78, 5) is 11.1. The molecule has 0 radical (unpaired) electrons. The fraction of sp³-hybridized carbons (Fsp3) is 0.917. The van der Waals surface area contributed by atoms with Crippen LogP contribution in [0.3, 0.4) is 0 Å². The molecule has 15 heavy (non-hydrogen) atoms. The number of rotatable bonds is 2. The number of ether oxygens (including phenoxy) is 1. The monoisotopic (exact) mass is 212 g/mol. The minimum absolute atomic E-state index is 0.266. The molecule has 0 atom stereocenters. The van der Waals surface area contributed by atoms with Gasteiger partial charge in [-0.15, -0.1) is 0 Å².